The van der Waals surface area contributed by atoms with Gasteiger partial charge in [0, 0.05) is 18.5 Å². The number of aromatic nitrogens is 1. The van der Waals surface area contributed by atoms with E-state index in [1.807, 2.05) is 24.0 Å². The van der Waals surface area contributed by atoms with E-state index >= 15 is 0 Å². The van der Waals surface area contributed by atoms with Gasteiger partial charge in [0.1, 0.15) is 0 Å². The highest BCUT2D eigenvalue weighted by Crippen LogP contribution is 2.02. The molecule has 1 aromatic rings. The fourth-order valence-electron chi connectivity index (χ4n) is 0.991. The summed E-state index contributed by atoms with van der Waals surface area (Å²) in [7, 11) is 0. The summed E-state index contributed by atoms with van der Waals surface area (Å²) in [5.74, 6) is 2.09. The zero-order valence-electron chi connectivity index (χ0n) is 7.50. The molecule has 4 heteroatoms. The van der Waals surface area contributed by atoms with Gasteiger partial charge in [-0.2, -0.15) is 11.8 Å². The second-order valence-corrected chi connectivity index (χ2v) is 4.80. The highest BCUT2D eigenvalue weighted by atomic mass is 79.9. The van der Waals surface area contributed by atoms with E-state index in [4.69, 9.17) is 0 Å². The van der Waals surface area contributed by atoms with Gasteiger partial charge < -0.3 is 4.57 Å². The van der Waals surface area contributed by atoms with Crippen LogP contribution in [0.2, 0.25) is 0 Å². The standard InChI is InChI=1S/C9H12BrNOS/c1-2-13-7-6-11-5-3-4-8(10)9(11)12/h3-5H,2,6-7H2,1H3. The molecule has 0 atom stereocenters. The van der Waals surface area contributed by atoms with E-state index in [0.29, 0.717) is 4.47 Å². The molecule has 1 heterocycles. The van der Waals surface area contributed by atoms with Gasteiger partial charge >= 0.3 is 0 Å². The van der Waals surface area contributed by atoms with Crippen LogP contribution in [-0.2, 0) is 6.54 Å². The molecular formula is C9H12BrNOS. The van der Waals surface area contributed by atoms with Crippen LogP contribution < -0.4 is 5.56 Å². The normalized spacial score (nSPS) is 10.3. The first-order valence-corrected chi connectivity index (χ1v) is 6.13. The summed E-state index contributed by atoms with van der Waals surface area (Å²) in [5.41, 5.74) is 0.0548. The van der Waals surface area contributed by atoms with E-state index in [1.54, 1.807) is 10.6 Å². The molecule has 0 amide bonds. The van der Waals surface area contributed by atoms with Crippen LogP contribution in [-0.4, -0.2) is 16.1 Å². The number of nitrogens with zero attached hydrogens (tertiary/aromatic N) is 1. The average Bonchev–Trinajstić information content (AvgIpc) is 2.13. The Morgan fingerprint density at radius 2 is 2.38 bits per heavy atom. The molecule has 0 N–H and O–H groups in total. The highest BCUT2D eigenvalue weighted by Gasteiger charge is 1.98. The average molecular weight is 262 g/mol. The molecule has 72 valence electrons. The summed E-state index contributed by atoms with van der Waals surface area (Å²) in [6, 6.07) is 3.65. The minimum atomic E-state index is 0.0548. The zero-order valence-corrected chi connectivity index (χ0v) is 9.90. The van der Waals surface area contributed by atoms with Crippen molar-refractivity contribution in [1.29, 1.82) is 0 Å². The lowest BCUT2D eigenvalue weighted by Gasteiger charge is -2.04. The SMILES string of the molecule is CCSCCn1cccc(Br)c1=O. The van der Waals surface area contributed by atoms with Gasteiger partial charge in [0.2, 0.25) is 0 Å². The molecular weight excluding hydrogens is 250 g/mol. The van der Waals surface area contributed by atoms with Gasteiger partial charge in [-0.1, -0.05) is 6.92 Å². The molecule has 0 saturated heterocycles. The van der Waals surface area contributed by atoms with Crippen LogP contribution in [0.4, 0.5) is 0 Å². The Hall–Kier alpha value is -0.220. The second-order valence-electron chi connectivity index (χ2n) is 2.55. The molecule has 0 saturated carbocycles. The molecule has 0 spiro atoms. The lowest BCUT2D eigenvalue weighted by molar-refractivity contribution is 0.731. The Kier molecular flexibility index (Phi) is 4.59. The fourth-order valence-corrected chi connectivity index (χ4v) is 1.99. The van der Waals surface area contributed by atoms with Crippen molar-refractivity contribution in [2.75, 3.05) is 11.5 Å². The number of hydrogen-bond donors (Lipinski definition) is 0. The Morgan fingerprint density at radius 1 is 1.62 bits per heavy atom. The van der Waals surface area contributed by atoms with Crippen molar-refractivity contribution in [2.45, 2.75) is 13.5 Å². The molecule has 0 bridgehead atoms. The van der Waals surface area contributed by atoms with Gasteiger partial charge in [-0.05, 0) is 33.8 Å². The Morgan fingerprint density at radius 3 is 3.08 bits per heavy atom. The van der Waals surface area contributed by atoms with Crippen LogP contribution in [0.1, 0.15) is 6.92 Å². The minimum absolute atomic E-state index is 0.0548. The molecule has 0 unspecified atom stereocenters. The first kappa shape index (κ1) is 10.9. The number of rotatable bonds is 4. The first-order chi connectivity index (χ1) is 6.25. The van der Waals surface area contributed by atoms with Crippen molar-refractivity contribution in [3.05, 3.63) is 33.2 Å². The number of aryl methyl sites for hydroxylation is 1. The largest absolute Gasteiger partial charge is 0.314 e. The van der Waals surface area contributed by atoms with Crippen LogP contribution in [0.15, 0.2) is 27.6 Å². The van der Waals surface area contributed by atoms with Crippen LogP contribution in [0.3, 0.4) is 0 Å². The summed E-state index contributed by atoms with van der Waals surface area (Å²) in [5, 5.41) is 0. The topological polar surface area (TPSA) is 22.0 Å². The maximum atomic E-state index is 11.5. The molecule has 0 radical (unpaired) electrons. The van der Waals surface area contributed by atoms with Gasteiger partial charge in [-0.15, -0.1) is 0 Å². The van der Waals surface area contributed by atoms with Gasteiger partial charge in [0.15, 0.2) is 0 Å². The van der Waals surface area contributed by atoms with Crippen LogP contribution in [0.5, 0.6) is 0 Å². The maximum Gasteiger partial charge on any atom is 0.264 e. The van der Waals surface area contributed by atoms with E-state index in [0.717, 1.165) is 18.1 Å². The molecule has 0 aromatic carbocycles. The number of thioether (sulfide) groups is 1. The van der Waals surface area contributed by atoms with Gasteiger partial charge in [0.05, 0.1) is 4.47 Å². The second kappa shape index (κ2) is 5.50. The molecule has 0 aliphatic heterocycles. The van der Waals surface area contributed by atoms with Crippen LogP contribution in [0.25, 0.3) is 0 Å². The fraction of sp³-hybridized carbons (Fsp3) is 0.444. The third-order valence-corrected chi connectivity index (χ3v) is 3.14. The molecule has 0 aliphatic rings. The van der Waals surface area contributed by atoms with Crippen LogP contribution >= 0.6 is 27.7 Å². The molecule has 0 aliphatic carbocycles. The molecule has 2 nitrogen and oxygen atoms in total. The quantitative estimate of drug-likeness (QED) is 0.777. The summed E-state index contributed by atoms with van der Waals surface area (Å²) < 4.78 is 2.36. The summed E-state index contributed by atoms with van der Waals surface area (Å²) >= 11 is 5.06. The summed E-state index contributed by atoms with van der Waals surface area (Å²) in [6.45, 7) is 2.91. The van der Waals surface area contributed by atoms with E-state index in [1.165, 1.54) is 0 Å². The summed E-state index contributed by atoms with van der Waals surface area (Å²) in [4.78, 5) is 11.5. The number of hydrogen-bond acceptors (Lipinski definition) is 2. The Bertz CT molecular complexity index is 324. The number of halogens is 1. The first-order valence-electron chi connectivity index (χ1n) is 4.18. The molecule has 1 rings (SSSR count). The monoisotopic (exact) mass is 261 g/mol. The van der Waals surface area contributed by atoms with Crippen molar-refractivity contribution in [1.82, 2.24) is 4.57 Å². The molecule has 0 fully saturated rings. The van der Waals surface area contributed by atoms with Gasteiger partial charge in [-0.25, -0.2) is 0 Å². The van der Waals surface area contributed by atoms with E-state index in [-0.39, 0.29) is 5.56 Å². The smallest absolute Gasteiger partial charge is 0.264 e. The van der Waals surface area contributed by atoms with E-state index < -0.39 is 0 Å². The predicted molar refractivity (Wildman–Crippen MR) is 61.4 cm³/mol. The van der Waals surface area contributed by atoms with Crippen molar-refractivity contribution in [3.8, 4) is 0 Å². The number of pyridine rings is 1. The minimum Gasteiger partial charge on any atom is -0.314 e. The molecule has 1 aromatic heterocycles. The van der Waals surface area contributed by atoms with E-state index in [9.17, 15) is 4.79 Å². The van der Waals surface area contributed by atoms with Crippen molar-refractivity contribution < 1.29 is 0 Å². The van der Waals surface area contributed by atoms with Crippen molar-refractivity contribution in [2.24, 2.45) is 0 Å². The predicted octanol–water partition coefficient (Wildman–Crippen LogP) is 2.36. The van der Waals surface area contributed by atoms with Crippen LogP contribution in [0, 0.1) is 0 Å². The lowest BCUT2D eigenvalue weighted by Crippen LogP contribution is -2.20. The van der Waals surface area contributed by atoms with Gasteiger partial charge in [-0.3, -0.25) is 4.79 Å². The van der Waals surface area contributed by atoms with Crippen molar-refractivity contribution in [3.63, 3.8) is 0 Å². The zero-order chi connectivity index (χ0) is 9.68. The van der Waals surface area contributed by atoms with Crippen molar-refractivity contribution >= 4 is 27.7 Å². The Balaban J connectivity index is 2.67. The third-order valence-electron chi connectivity index (χ3n) is 1.65. The van der Waals surface area contributed by atoms with Gasteiger partial charge in [0.25, 0.3) is 5.56 Å². The Labute approximate surface area is 90.5 Å². The molecule has 13 heavy (non-hydrogen) atoms. The lowest BCUT2D eigenvalue weighted by atomic mass is 10.5. The van der Waals surface area contributed by atoms with E-state index in [2.05, 4.69) is 22.9 Å². The highest BCUT2D eigenvalue weighted by molar-refractivity contribution is 9.10. The third kappa shape index (κ3) is 3.19. The summed E-state index contributed by atoms with van der Waals surface area (Å²) in [6.07, 6.45) is 1.82. The maximum absolute atomic E-state index is 11.5.